The first-order valence-corrected chi connectivity index (χ1v) is 8.96. The third-order valence-corrected chi connectivity index (χ3v) is 4.73. The Labute approximate surface area is 151 Å². The number of aryl methyl sites for hydroxylation is 2. The van der Waals surface area contributed by atoms with E-state index in [0.717, 1.165) is 25.8 Å². The zero-order valence-corrected chi connectivity index (χ0v) is 15.1. The summed E-state index contributed by atoms with van der Waals surface area (Å²) in [6.45, 7) is 5.10. The molecule has 7 heteroatoms. The molecule has 0 spiro atoms. The Morgan fingerprint density at radius 2 is 1.96 bits per heavy atom. The summed E-state index contributed by atoms with van der Waals surface area (Å²) in [6, 6.07) is 2.46. The molecule has 0 unspecified atom stereocenters. The minimum atomic E-state index is -0.525. The highest BCUT2D eigenvalue weighted by molar-refractivity contribution is 6.04. The summed E-state index contributed by atoms with van der Waals surface area (Å²) in [7, 11) is 0. The number of aromatic nitrogens is 2. The molecule has 0 radical (unpaired) electrons. The average molecular weight is 358 g/mol. The van der Waals surface area contributed by atoms with Gasteiger partial charge < -0.3 is 10.2 Å². The van der Waals surface area contributed by atoms with Gasteiger partial charge in [0.1, 0.15) is 11.3 Å². The highest BCUT2D eigenvalue weighted by atomic mass is 19.1. The van der Waals surface area contributed by atoms with E-state index < -0.39 is 11.7 Å². The molecule has 2 aromatic rings. The lowest BCUT2D eigenvalue weighted by Crippen LogP contribution is -2.38. The lowest BCUT2D eigenvalue weighted by molar-refractivity contribution is -0.130. The van der Waals surface area contributed by atoms with Crippen LogP contribution in [0.25, 0.3) is 11.0 Å². The van der Waals surface area contributed by atoms with Crippen LogP contribution in [0.3, 0.4) is 0 Å². The smallest absolute Gasteiger partial charge is 0.253 e. The Balaban J connectivity index is 1.73. The van der Waals surface area contributed by atoms with Crippen LogP contribution < -0.4 is 5.32 Å². The summed E-state index contributed by atoms with van der Waals surface area (Å²) in [4.78, 5) is 35.0. The first-order valence-electron chi connectivity index (χ1n) is 8.96. The highest BCUT2D eigenvalue weighted by Crippen LogP contribution is 2.19. The van der Waals surface area contributed by atoms with Gasteiger partial charge in [0.05, 0.1) is 22.5 Å². The third-order valence-electron chi connectivity index (χ3n) is 4.73. The maximum atomic E-state index is 13.9. The molecule has 138 valence electrons. The van der Waals surface area contributed by atoms with Crippen molar-refractivity contribution in [3.8, 4) is 0 Å². The van der Waals surface area contributed by atoms with Gasteiger partial charge in [-0.1, -0.05) is 6.42 Å². The lowest BCUT2D eigenvalue weighted by Gasteiger charge is -2.20. The molecule has 0 aliphatic carbocycles. The topological polar surface area (TPSA) is 75.2 Å². The quantitative estimate of drug-likeness (QED) is 0.911. The molecule has 1 aromatic carbocycles. The van der Waals surface area contributed by atoms with Crippen molar-refractivity contribution in [3.63, 3.8) is 0 Å². The normalized spacial score (nSPS) is 15.2. The monoisotopic (exact) mass is 358 g/mol. The molecular formula is C19H23FN4O2. The standard InChI is InChI=1S/C19H23FN4O2/c1-12-13(2)23-18-15(10-14(20)11-16(18)22-12)19(26)21-7-9-24-8-5-3-4-6-17(24)25/h10-11H,3-9H2,1-2H3,(H,21,26). The number of amides is 2. The predicted octanol–water partition coefficient (Wildman–Crippen LogP) is 2.52. The number of nitrogens with one attached hydrogen (secondary N) is 1. The number of fused-ring (bicyclic) bond motifs is 1. The van der Waals surface area contributed by atoms with Crippen molar-refractivity contribution in [1.82, 2.24) is 20.2 Å². The van der Waals surface area contributed by atoms with Crippen LogP contribution in [-0.4, -0.2) is 46.3 Å². The van der Waals surface area contributed by atoms with Gasteiger partial charge in [-0.05, 0) is 32.8 Å². The molecule has 1 saturated heterocycles. The molecule has 26 heavy (non-hydrogen) atoms. The Kier molecular flexibility index (Phi) is 5.44. The number of nitrogens with zero attached hydrogens (tertiary/aromatic N) is 3. The van der Waals surface area contributed by atoms with Crippen molar-refractivity contribution in [2.75, 3.05) is 19.6 Å². The van der Waals surface area contributed by atoms with Gasteiger partial charge in [0.25, 0.3) is 5.91 Å². The summed E-state index contributed by atoms with van der Waals surface area (Å²) in [6.07, 6.45) is 3.54. The van der Waals surface area contributed by atoms with Crippen molar-refractivity contribution in [2.45, 2.75) is 39.5 Å². The van der Waals surface area contributed by atoms with Gasteiger partial charge in [-0.3, -0.25) is 9.59 Å². The first-order chi connectivity index (χ1) is 12.5. The molecule has 3 rings (SSSR count). The summed E-state index contributed by atoms with van der Waals surface area (Å²) in [5, 5.41) is 2.77. The molecule has 1 aliphatic rings. The summed E-state index contributed by atoms with van der Waals surface area (Å²) >= 11 is 0. The Morgan fingerprint density at radius 1 is 1.19 bits per heavy atom. The van der Waals surface area contributed by atoms with Gasteiger partial charge in [0.15, 0.2) is 0 Å². The van der Waals surface area contributed by atoms with Gasteiger partial charge >= 0.3 is 0 Å². The van der Waals surface area contributed by atoms with E-state index in [2.05, 4.69) is 15.3 Å². The zero-order chi connectivity index (χ0) is 18.7. The average Bonchev–Trinajstić information content (AvgIpc) is 2.80. The van der Waals surface area contributed by atoms with Crippen molar-refractivity contribution in [3.05, 3.63) is 34.9 Å². The van der Waals surface area contributed by atoms with Gasteiger partial charge in [-0.25, -0.2) is 14.4 Å². The molecule has 0 saturated carbocycles. The number of benzene rings is 1. The molecule has 1 aromatic heterocycles. The molecule has 0 atom stereocenters. The maximum Gasteiger partial charge on any atom is 0.253 e. The lowest BCUT2D eigenvalue weighted by atomic mass is 10.1. The molecule has 0 bridgehead atoms. The number of carbonyl (C=O) groups is 2. The summed E-state index contributed by atoms with van der Waals surface area (Å²) in [5.41, 5.74) is 2.32. The van der Waals surface area contributed by atoms with Crippen LogP contribution in [0, 0.1) is 19.7 Å². The van der Waals surface area contributed by atoms with E-state index in [4.69, 9.17) is 0 Å². The van der Waals surface area contributed by atoms with Crippen molar-refractivity contribution in [1.29, 1.82) is 0 Å². The van der Waals surface area contributed by atoms with Gasteiger partial charge in [0.2, 0.25) is 5.91 Å². The predicted molar refractivity (Wildman–Crippen MR) is 96.4 cm³/mol. The second-order valence-corrected chi connectivity index (χ2v) is 6.66. The molecule has 2 heterocycles. The fraction of sp³-hybridized carbons (Fsp3) is 0.474. The van der Waals surface area contributed by atoms with E-state index in [1.807, 2.05) is 0 Å². The van der Waals surface area contributed by atoms with Crippen molar-refractivity contribution < 1.29 is 14.0 Å². The van der Waals surface area contributed by atoms with Crippen LogP contribution in [0.4, 0.5) is 4.39 Å². The maximum absolute atomic E-state index is 13.9. The Bertz CT molecular complexity index is 853. The van der Waals surface area contributed by atoms with E-state index in [1.165, 1.54) is 12.1 Å². The van der Waals surface area contributed by atoms with Crippen LogP contribution in [0.15, 0.2) is 12.1 Å². The van der Waals surface area contributed by atoms with E-state index in [-0.39, 0.29) is 11.5 Å². The highest BCUT2D eigenvalue weighted by Gasteiger charge is 2.18. The van der Waals surface area contributed by atoms with E-state index in [1.54, 1.807) is 18.7 Å². The van der Waals surface area contributed by atoms with Gasteiger partial charge in [0, 0.05) is 32.1 Å². The fourth-order valence-corrected chi connectivity index (χ4v) is 3.15. The number of likely N-dealkylation sites (tertiary alicyclic amines) is 1. The van der Waals surface area contributed by atoms with Crippen LogP contribution in [-0.2, 0) is 4.79 Å². The molecular weight excluding hydrogens is 335 g/mol. The van der Waals surface area contributed by atoms with Crippen molar-refractivity contribution in [2.24, 2.45) is 0 Å². The number of hydrogen-bond acceptors (Lipinski definition) is 4. The second kappa shape index (κ2) is 7.76. The fourth-order valence-electron chi connectivity index (χ4n) is 3.15. The van der Waals surface area contributed by atoms with E-state index in [9.17, 15) is 14.0 Å². The zero-order valence-electron chi connectivity index (χ0n) is 15.1. The number of rotatable bonds is 4. The van der Waals surface area contributed by atoms with Crippen molar-refractivity contribution >= 4 is 22.8 Å². The van der Waals surface area contributed by atoms with Crippen LogP contribution in [0.1, 0.15) is 47.4 Å². The second-order valence-electron chi connectivity index (χ2n) is 6.66. The molecule has 1 aliphatic heterocycles. The Morgan fingerprint density at radius 3 is 2.77 bits per heavy atom. The van der Waals surface area contributed by atoms with E-state index >= 15 is 0 Å². The van der Waals surface area contributed by atoms with Gasteiger partial charge in [-0.15, -0.1) is 0 Å². The van der Waals surface area contributed by atoms with Crippen LogP contribution in [0.5, 0.6) is 0 Å². The van der Waals surface area contributed by atoms with Gasteiger partial charge in [-0.2, -0.15) is 0 Å². The van der Waals surface area contributed by atoms with E-state index in [0.29, 0.717) is 41.9 Å². The molecule has 1 N–H and O–H groups in total. The van der Waals surface area contributed by atoms with Crippen LogP contribution >= 0.6 is 0 Å². The minimum absolute atomic E-state index is 0.130. The van der Waals surface area contributed by atoms with Crippen LogP contribution in [0.2, 0.25) is 0 Å². The summed E-state index contributed by atoms with van der Waals surface area (Å²) in [5.74, 6) is -0.804. The molecule has 2 amide bonds. The minimum Gasteiger partial charge on any atom is -0.350 e. The SMILES string of the molecule is Cc1nc2cc(F)cc(C(=O)NCCN3CCCCCC3=O)c2nc1C. The number of halogens is 1. The Hall–Kier alpha value is -2.57. The largest absolute Gasteiger partial charge is 0.350 e. The number of hydrogen-bond donors (Lipinski definition) is 1. The third kappa shape index (κ3) is 3.98. The first kappa shape index (κ1) is 18.2. The number of carbonyl (C=O) groups excluding carboxylic acids is 2. The summed E-state index contributed by atoms with van der Waals surface area (Å²) < 4.78 is 13.9. The molecule has 6 nitrogen and oxygen atoms in total. The molecule has 1 fully saturated rings.